The van der Waals surface area contributed by atoms with Gasteiger partial charge in [-0.3, -0.25) is 4.90 Å². The van der Waals surface area contributed by atoms with Crippen LogP contribution in [0.3, 0.4) is 0 Å². The molecule has 176 valence electrons. The average Bonchev–Trinajstić information content (AvgIpc) is 3.08. The first-order valence-corrected chi connectivity index (χ1v) is 10.4. The number of aryl methyl sites for hydroxylation is 1. The van der Waals surface area contributed by atoms with Crippen molar-refractivity contribution in [1.82, 2.24) is 4.90 Å². The lowest BCUT2D eigenvalue weighted by Crippen LogP contribution is -2.39. The summed E-state index contributed by atoms with van der Waals surface area (Å²) in [6.07, 6.45) is -3.53. The van der Waals surface area contributed by atoms with E-state index in [1.807, 2.05) is 6.92 Å². The maximum atomic E-state index is 9.77. The first-order chi connectivity index (χ1) is 15.7. The predicted molar refractivity (Wildman–Crippen MR) is 119 cm³/mol. The van der Waals surface area contributed by atoms with Crippen LogP contribution in [0, 0.1) is 6.92 Å². The van der Waals surface area contributed by atoms with Crippen molar-refractivity contribution < 1.29 is 39.2 Å². The molecule has 1 aromatic heterocycles. The zero-order chi connectivity index (χ0) is 24.1. The van der Waals surface area contributed by atoms with Crippen LogP contribution in [0.15, 0.2) is 52.9 Å². The van der Waals surface area contributed by atoms with Crippen LogP contribution in [0.2, 0.25) is 0 Å². The molecule has 2 aromatic carbocycles. The SMILES string of the molecule is Cc1cc2c(o1)CN(C)CCC2Oc1cccc2ccccc12.O=C(O)[C@@H](O)[C@H](O)C(=O)O. The number of carboxylic acids is 2. The normalized spacial score (nSPS) is 17.8. The van der Waals surface area contributed by atoms with E-state index >= 15 is 0 Å². The van der Waals surface area contributed by atoms with Gasteiger partial charge in [-0.15, -0.1) is 0 Å². The minimum Gasteiger partial charge on any atom is -0.485 e. The number of furan rings is 1. The van der Waals surface area contributed by atoms with Crippen LogP contribution >= 0.6 is 0 Å². The minimum absolute atomic E-state index is 0.0400. The molecule has 0 aliphatic carbocycles. The fourth-order valence-electron chi connectivity index (χ4n) is 3.64. The molecule has 2 heterocycles. The lowest BCUT2D eigenvalue weighted by Gasteiger charge is -2.19. The highest BCUT2D eigenvalue weighted by molar-refractivity contribution is 5.88. The molecule has 9 heteroatoms. The van der Waals surface area contributed by atoms with Crippen LogP contribution in [0.25, 0.3) is 10.8 Å². The van der Waals surface area contributed by atoms with E-state index in [4.69, 9.17) is 29.6 Å². The third-order valence-corrected chi connectivity index (χ3v) is 5.32. The molecule has 1 unspecified atom stereocenters. The van der Waals surface area contributed by atoms with Gasteiger partial charge in [-0.1, -0.05) is 36.4 Å². The summed E-state index contributed by atoms with van der Waals surface area (Å²) in [6.45, 7) is 3.85. The molecule has 0 fully saturated rings. The third kappa shape index (κ3) is 5.89. The predicted octanol–water partition coefficient (Wildman–Crippen LogP) is 2.57. The molecule has 0 saturated heterocycles. The molecule has 3 aromatic rings. The maximum Gasteiger partial charge on any atom is 0.335 e. The zero-order valence-corrected chi connectivity index (χ0v) is 18.3. The summed E-state index contributed by atoms with van der Waals surface area (Å²) in [6, 6.07) is 16.7. The van der Waals surface area contributed by atoms with Crippen molar-refractivity contribution in [2.45, 2.75) is 38.2 Å². The van der Waals surface area contributed by atoms with Crippen LogP contribution in [0.5, 0.6) is 5.75 Å². The van der Waals surface area contributed by atoms with Crippen LogP contribution in [-0.4, -0.2) is 63.1 Å². The van der Waals surface area contributed by atoms with Gasteiger partial charge in [-0.25, -0.2) is 9.59 Å². The topological polar surface area (TPSA) is 141 Å². The highest BCUT2D eigenvalue weighted by atomic mass is 16.5. The van der Waals surface area contributed by atoms with Crippen molar-refractivity contribution in [3.05, 3.63) is 65.6 Å². The number of nitrogens with zero attached hydrogens (tertiary/aromatic N) is 1. The van der Waals surface area contributed by atoms with Gasteiger partial charge in [0.1, 0.15) is 23.4 Å². The number of hydrogen-bond acceptors (Lipinski definition) is 7. The van der Waals surface area contributed by atoms with Gasteiger partial charge in [0, 0.05) is 23.9 Å². The average molecular weight is 457 g/mol. The van der Waals surface area contributed by atoms with Crippen molar-refractivity contribution in [2.75, 3.05) is 13.6 Å². The number of rotatable bonds is 5. The molecule has 0 amide bonds. The summed E-state index contributed by atoms with van der Waals surface area (Å²) < 4.78 is 12.3. The molecule has 1 aliphatic rings. The number of aliphatic hydroxyl groups is 2. The molecular weight excluding hydrogens is 430 g/mol. The Labute approximate surface area is 190 Å². The summed E-state index contributed by atoms with van der Waals surface area (Å²) in [7, 11) is 2.13. The molecule has 3 atom stereocenters. The number of carbonyl (C=O) groups is 2. The Balaban J connectivity index is 0.000000262. The quantitative estimate of drug-likeness (QED) is 0.455. The van der Waals surface area contributed by atoms with E-state index in [2.05, 4.69) is 60.5 Å². The third-order valence-electron chi connectivity index (χ3n) is 5.32. The molecule has 0 spiro atoms. The molecule has 0 bridgehead atoms. The van der Waals surface area contributed by atoms with Crippen molar-refractivity contribution in [3.63, 3.8) is 0 Å². The molecular formula is C24H27NO8. The highest BCUT2D eigenvalue weighted by Crippen LogP contribution is 2.35. The highest BCUT2D eigenvalue weighted by Gasteiger charge is 2.29. The van der Waals surface area contributed by atoms with E-state index in [9.17, 15) is 9.59 Å². The number of benzene rings is 2. The van der Waals surface area contributed by atoms with Crippen LogP contribution in [0.1, 0.15) is 29.6 Å². The molecule has 33 heavy (non-hydrogen) atoms. The zero-order valence-electron chi connectivity index (χ0n) is 18.3. The Morgan fingerprint density at radius 2 is 1.70 bits per heavy atom. The van der Waals surface area contributed by atoms with E-state index in [1.165, 1.54) is 10.9 Å². The van der Waals surface area contributed by atoms with Crippen molar-refractivity contribution >= 4 is 22.7 Å². The first kappa shape index (κ1) is 24.2. The smallest absolute Gasteiger partial charge is 0.335 e. The second-order valence-electron chi connectivity index (χ2n) is 7.91. The first-order valence-electron chi connectivity index (χ1n) is 10.4. The second kappa shape index (κ2) is 10.5. The maximum absolute atomic E-state index is 9.77. The summed E-state index contributed by atoms with van der Waals surface area (Å²) >= 11 is 0. The number of fused-ring (bicyclic) bond motifs is 2. The Morgan fingerprint density at radius 3 is 2.36 bits per heavy atom. The lowest BCUT2D eigenvalue weighted by atomic mass is 10.1. The van der Waals surface area contributed by atoms with Crippen LogP contribution in [0.4, 0.5) is 0 Å². The Bertz CT molecular complexity index is 1100. The fraction of sp³-hybridized carbons (Fsp3) is 0.333. The van der Waals surface area contributed by atoms with Gasteiger partial charge in [0.2, 0.25) is 0 Å². The summed E-state index contributed by atoms with van der Waals surface area (Å²) in [5, 5.41) is 34.9. The summed E-state index contributed by atoms with van der Waals surface area (Å²) in [4.78, 5) is 21.8. The second-order valence-corrected chi connectivity index (χ2v) is 7.91. The van der Waals surface area contributed by atoms with E-state index in [0.717, 1.165) is 42.2 Å². The monoisotopic (exact) mass is 457 g/mol. The largest absolute Gasteiger partial charge is 0.485 e. The molecule has 4 rings (SSSR count). The van der Waals surface area contributed by atoms with Gasteiger partial charge >= 0.3 is 11.9 Å². The van der Waals surface area contributed by atoms with Gasteiger partial charge in [0.05, 0.1) is 6.54 Å². The van der Waals surface area contributed by atoms with Crippen molar-refractivity contribution in [3.8, 4) is 5.75 Å². The Kier molecular flexibility index (Phi) is 7.70. The van der Waals surface area contributed by atoms with E-state index in [1.54, 1.807) is 0 Å². The molecule has 1 aliphatic heterocycles. The van der Waals surface area contributed by atoms with Crippen LogP contribution in [-0.2, 0) is 16.1 Å². The fourth-order valence-corrected chi connectivity index (χ4v) is 3.64. The Morgan fingerprint density at radius 1 is 1.06 bits per heavy atom. The van der Waals surface area contributed by atoms with E-state index in [-0.39, 0.29) is 6.10 Å². The molecule has 0 saturated carbocycles. The van der Waals surface area contributed by atoms with Gasteiger partial charge in [0.15, 0.2) is 12.2 Å². The van der Waals surface area contributed by atoms with E-state index < -0.39 is 24.1 Å². The standard InChI is InChI=1S/C20H21NO2.C4H6O6/c1-14-12-17-19(10-11-21(2)13-20(17)22-14)23-18-9-5-7-15-6-3-4-8-16(15)18;5-1(3(7)8)2(6)4(9)10/h3-9,12,19H,10-11,13H2,1-2H3;1-2,5-6H,(H,7,8)(H,9,10)/t;1-,2-/m.0/s1. The molecule has 4 N–H and O–H groups in total. The number of carboxylic acid groups (broad SMARTS) is 2. The van der Waals surface area contributed by atoms with Gasteiger partial charge in [-0.2, -0.15) is 0 Å². The Hall–Kier alpha value is -3.40. The van der Waals surface area contributed by atoms with Crippen LogP contribution < -0.4 is 4.74 Å². The lowest BCUT2D eigenvalue weighted by molar-refractivity contribution is -0.165. The van der Waals surface area contributed by atoms with Crippen molar-refractivity contribution in [2.24, 2.45) is 0 Å². The number of aliphatic carboxylic acids is 2. The van der Waals surface area contributed by atoms with Gasteiger partial charge in [0.25, 0.3) is 0 Å². The number of hydrogen-bond donors (Lipinski definition) is 4. The number of ether oxygens (including phenoxy) is 1. The summed E-state index contributed by atoms with van der Waals surface area (Å²) in [5.41, 5.74) is 1.19. The van der Waals surface area contributed by atoms with E-state index in [0.29, 0.717) is 0 Å². The molecule has 9 nitrogen and oxygen atoms in total. The minimum atomic E-state index is -2.27. The molecule has 0 radical (unpaired) electrons. The summed E-state index contributed by atoms with van der Waals surface area (Å²) in [5.74, 6) is -0.600. The van der Waals surface area contributed by atoms with Crippen molar-refractivity contribution in [1.29, 1.82) is 0 Å². The van der Waals surface area contributed by atoms with Gasteiger partial charge < -0.3 is 29.6 Å². The van der Waals surface area contributed by atoms with Gasteiger partial charge in [-0.05, 0) is 31.5 Å². The number of aliphatic hydroxyl groups excluding tert-OH is 2.